The fourth-order valence-corrected chi connectivity index (χ4v) is 4.61. The standard InChI is InChI=1S/C18H11F2N3O2S3/c19-17(20)25-14-4-2-1-3-11(14)12-8-28-18(22-12)23-15(24)13-9-27-16(21-13)10-5-6-26-7-10/h1-9,17H,(H,22,23,24). The van der Waals surface area contributed by atoms with E-state index in [-0.39, 0.29) is 11.7 Å². The van der Waals surface area contributed by atoms with E-state index in [0.717, 1.165) is 10.6 Å². The highest BCUT2D eigenvalue weighted by molar-refractivity contribution is 7.14. The molecule has 0 unspecified atom stereocenters. The molecule has 0 spiro atoms. The lowest BCUT2D eigenvalue weighted by atomic mass is 10.1. The second-order valence-electron chi connectivity index (χ2n) is 5.42. The molecule has 1 N–H and O–H groups in total. The van der Waals surface area contributed by atoms with E-state index in [4.69, 9.17) is 0 Å². The summed E-state index contributed by atoms with van der Waals surface area (Å²) in [6.45, 7) is -2.93. The van der Waals surface area contributed by atoms with E-state index in [9.17, 15) is 13.6 Å². The lowest BCUT2D eigenvalue weighted by Gasteiger charge is -2.08. The molecule has 0 aliphatic heterocycles. The van der Waals surface area contributed by atoms with Crippen LogP contribution in [0, 0.1) is 0 Å². The molecular formula is C18H11F2N3O2S3. The first-order valence-electron chi connectivity index (χ1n) is 7.89. The minimum Gasteiger partial charge on any atom is -0.434 e. The van der Waals surface area contributed by atoms with Crippen molar-refractivity contribution in [3.05, 3.63) is 57.5 Å². The molecular weight excluding hydrogens is 424 g/mol. The van der Waals surface area contributed by atoms with Crippen molar-refractivity contribution in [2.75, 3.05) is 5.32 Å². The molecule has 10 heteroatoms. The van der Waals surface area contributed by atoms with Crippen molar-refractivity contribution in [1.82, 2.24) is 9.97 Å². The van der Waals surface area contributed by atoms with Crippen LogP contribution in [0.4, 0.5) is 13.9 Å². The van der Waals surface area contributed by atoms with Crippen molar-refractivity contribution >= 4 is 45.0 Å². The highest BCUT2D eigenvalue weighted by Gasteiger charge is 2.16. The van der Waals surface area contributed by atoms with Gasteiger partial charge in [0, 0.05) is 27.3 Å². The number of carbonyl (C=O) groups is 1. The van der Waals surface area contributed by atoms with Gasteiger partial charge in [-0.25, -0.2) is 9.97 Å². The lowest BCUT2D eigenvalue weighted by molar-refractivity contribution is -0.0494. The van der Waals surface area contributed by atoms with Gasteiger partial charge >= 0.3 is 6.61 Å². The van der Waals surface area contributed by atoms with Crippen molar-refractivity contribution in [3.8, 4) is 27.6 Å². The zero-order valence-electron chi connectivity index (χ0n) is 14.0. The van der Waals surface area contributed by atoms with E-state index < -0.39 is 6.61 Å². The number of hydrogen-bond acceptors (Lipinski definition) is 7. The smallest absolute Gasteiger partial charge is 0.387 e. The molecule has 4 rings (SSSR count). The molecule has 1 aromatic carbocycles. The normalized spacial score (nSPS) is 11.0. The third-order valence-corrected chi connectivity index (χ3v) is 5.94. The van der Waals surface area contributed by atoms with Gasteiger partial charge < -0.3 is 4.74 Å². The highest BCUT2D eigenvalue weighted by Crippen LogP contribution is 2.33. The zero-order chi connectivity index (χ0) is 19.5. The average Bonchev–Trinajstić information content (AvgIpc) is 3.42. The first kappa shape index (κ1) is 18.7. The van der Waals surface area contributed by atoms with Gasteiger partial charge in [0.15, 0.2) is 5.13 Å². The Bertz CT molecular complexity index is 1090. The van der Waals surface area contributed by atoms with Crippen molar-refractivity contribution in [3.63, 3.8) is 0 Å². The van der Waals surface area contributed by atoms with E-state index in [1.165, 1.54) is 28.7 Å². The second kappa shape index (κ2) is 8.13. The minimum absolute atomic E-state index is 0.0283. The molecule has 4 aromatic rings. The summed E-state index contributed by atoms with van der Waals surface area (Å²) in [5.41, 5.74) is 2.13. The molecule has 1 amide bonds. The van der Waals surface area contributed by atoms with Gasteiger partial charge in [0.1, 0.15) is 16.5 Å². The Morgan fingerprint density at radius 1 is 1.07 bits per heavy atom. The summed E-state index contributed by atoms with van der Waals surface area (Å²) in [6.07, 6.45) is 0. The van der Waals surface area contributed by atoms with Crippen LogP contribution in [0.5, 0.6) is 5.75 Å². The van der Waals surface area contributed by atoms with Gasteiger partial charge in [-0.05, 0) is 23.6 Å². The molecule has 0 aliphatic carbocycles. The van der Waals surface area contributed by atoms with Gasteiger partial charge in [0.2, 0.25) is 0 Å². The number of para-hydroxylation sites is 1. The van der Waals surface area contributed by atoms with Crippen LogP contribution in [0.2, 0.25) is 0 Å². The summed E-state index contributed by atoms with van der Waals surface area (Å²) in [4.78, 5) is 21.1. The number of thiazole rings is 2. The molecule has 5 nitrogen and oxygen atoms in total. The molecule has 0 bridgehead atoms. The maximum atomic E-state index is 12.6. The molecule has 0 radical (unpaired) electrons. The summed E-state index contributed by atoms with van der Waals surface area (Å²) < 4.78 is 29.7. The van der Waals surface area contributed by atoms with Gasteiger partial charge in [-0.1, -0.05) is 12.1 Å². The van der Waals surface area contributed by atoms with E-state index in [2.05, 4.69) is 20.0 Å². The van der Waals surface area contributed by atoms with Gasteiger partial charge in [-0.2, -0.15) is 20.1 Å². The Hall–Kier alpha value is -2.69. The number of halogens is 2. The van der Waals surface area contributed by atoms with Crippen LogP contribution < -0.4 is 10.1 Å². The predicted octanol–water partition coefficient (Wildman–Crippen LogP) is 5.85. The number of thiophene rings is 1. The number of amides is 1. The Morgan fingerprint density at radius 2 is 1.93 bits per heavy atom. The van der Waals surface area contributed by atoms with Crippen molar-refractivity contribution < 1.29 is 18.3 Å². The number of nitrogens with zero attached hydrogens (tertiary/aromatic N) is 2. The fraction of sp³-hybridized carbons (Fsp3) is 0.0556. The molecule has 0 saturated heterocycles. The van der Waals surface area contributed by atoms with Gasteiger partial charge in [0.05, 0.1) is 5.69 Å². The first-order chi connectivity index (χ1) is 13.6. The molecule has 3 aromatic heterocycles. The number of alkyl halides is 2. The van der Waals surface area contributed by atoms with E-state index in [1.54, 1.807) is 40.3 Å². The van der Waals surface area contributed by atoms with Crippen LogP contribution in [0.3, 0.4) is 0 Å². The summed E-state index contributed by atoms with van der Waals surface area (Å²) >= 11 is 4.14. The quantitative estimate of drug-likeness (QED) is 0.413. The van der Waals surface area contributed by atoms with E-state index in [0.29, 0.717) is 22.1 Å². The molecule has 0 atom stereocenters. The number of benzene rings is 1. The first-order valence-corrected chi connectivity index (χ1v) is 10.6. The summed E-state index contributed by atoms with van der Waals surface area (Å²) in [6, 6.07) is 8.32. The zero-order valence-corrected chi connectivity index (χ0v) is 16.4. The Labute approximate surface area is 170 Å². The Morgan fingerprint density at radius 3 is 2.71 bits per heavy atom. The molecule has 0 fully saturated rings. The fourth-order valence-electron chi connectivity index (χ4n) is 2.39. The topological polar surface area (TPSA) is 64.1 Å². The number of hydrogen-bond donors (Lipinski definition) is 1. The predicted molar refractivity (Wildman–Crippen MR) is 108 cm³/mol. The Balaban J connectivity index is 1.50. The average molecular weight is 436 g/mol. The number of rotatable bonds is 6. The molecule has 142 valence electrons. The van der Waals surface area contributed by atoms with Crippen LogP contribution in [-0.2, 0) is 0 Å². The Kier molecular flexibility index (Phi) is 5.42. The number of nitrogens with one attached hydrogen (secondary N) is 1. The van der Waals surface area contributed by atoms with Crippen molar-refractivity contribution in [1.29, 1.82) is 0 Å². The van der Waals surface area contributed by atoms with Crippen LogP contribution in [0.1, 0.15) is 10.5 Å². The van der Waals surface area contributed by atoms with Crippen LogP contribution >= 0.6 is 34.0 Å². The van der Waals surface area contributed by atoms with Crippen molar-refractivity contribution in [2.45, 2.75) is 6.61 Å². The number of aromatic nitrogens is 2. The molecule has 3 heterocycles. The lowest BCUT2D eigenvalue weighted by Crippen LogP contribution is -2.12. The van der Waals surface area contributed by atoms with Crippen LogP contribution in [0.15, 0.2) is 51.9 Å². The van der Waals surface area contributed by atoms with E-state index >= 15 is 0 Å². The number of ether oxygens (including phenoxy) is 1. The highest BCUT2D eigenvalue weighted by atomic mass is 32.1. The van der Waals surface area contributed by atoms with Crippen LogP contribution in [0.25, 0.3) is 21.8 Å². The monoisotopic (exact) mass is 435 g/mol. The summed E-state index contributed by atoms with van der Waals surface area (Å²) in [7, 11) is 0. The van der Waals surface area contributed by atoms with Crippen molar-refractivity contribution in [2.24, 2.45) is 0 Å². The number of anilines is 1. The maximum Gasteiger partial charge on any atom is 0.387 e. The molecule has 0 saturated carbocycles. The second-order valence-corrected chi connectivity index (χ2v) is 7.91. The maximum absolute atomic E-state index is 12.6. The third-order valence-electron chi connectivity index (χ3n) is 3.61. The SMILES string of the molecule is O=C(Nc1nc(-c2ccccc2OC(F)F)cs1)c1csc(-c2ccsc2)n1. The molecule has 0 aliphatic rings. The molecule has 28 heavy (non-hydrogen) atoms. The van der Waals surface area contributed by atoms with Crippen LogP contribution in [-0.4, -0.2) is 22.5 Å². The minimum atomic E-state index is -2.93. The summed E-state index contributed by atoms with van der Waals surface area (Å²) in [5.74, 6) is -0.351. The third kappa shape index (κ3) is 4.08. The van der Waals surface area contributed by atoms with E-state index in [1.807, 2.05) is 16.8 Å². The van der Waals surface area contributed by atoms with Gasteiger partial charge in [-0.15, -0.1) is 22.7 Å². The van der Waals surface area contributed by atoms with Gasteiger partial charge in [0.25, 0.3) is 5.91 Å². The number of carbonyl (C=O) groups excluding carboxylic acids is 1. The van der Waals surface area contributed by atoms with Gasteiger partial charge in [-0.3, -0.25) is 10.1 Å². The largest absolute Gasteiger partial charge is 0.434 e. The summed E-state index contributed by atoms with van der Waals surface area (Å²) in [5, 5.41) is 11.1.